The largest absolute Gasteiger partial charge is 0.478 e. The van der Waals surface area contributed by atoms with Crippen LogP contribution < -0.4 is 10.6 Å². The molecule has 0 saturated heterocycles. The van der Waals surface area contributed by atoms with Gasteiger partial charge in [0, 0.05) is 12.6 Å². The third-order valence-corrected chi connectivity index (χ3v) is 4.15. The fraction of sp³-hybridized carbons (Fsp3) is 0.500. The van der Waals surface area contributed by atoms with Crippen molar-refractivity contribution in [3.63, 3.8) is 0 Å². The summed E-state index contributed by atoms with van der Waals surface area (Å²) in [5, 5.41) is 14.7. The summed E-state index contributed by atoms with van der Waals surface area (Å²) in [6.45, 7) is 2.56. The van der Waals surface area contributed by atoms with Gasteiger partial charge in [-0.15, -0.1) is 0 Å². The van der Waals surface area contributed by atoms with Crippen LogP contribution in [0.3, 0.4) is 0 Å². The lowest BCUT2D eigenvalue weighted by Crippen LogP contribution is -2.43. The van der Waals surface area contributed by atoms with E-state index in [1.165, 1.54) is 12.8 Å². The number of amides is 2. The Balaban J connectivity index is 1.79. The van der Waals surface area contributed by atoms with E-state index in [0.29, 0.717) is 12.5 Å². The molecule has 2 amide bonds. The Bertz CT molecular complexity index is 499. The van der Waals surface area contributed by atoms with Crippen LogP contribution in [0.4, 0.5) is 4.79 Å². The van der Waals surface area contributed by atoms with Gasteiger partial charge in [-0.1, -0.05) is 31.9 Å². The lowest BCUT2D eigenvalue weighted by atomic mass is 10.0. The summed E-state index contributed by atoms with van der Waals surface area (Å²) < 4.78 is 0. The molecule has 0 heterocycles. The molecule has 5 heteroatoms. The monoisotopic (exact) mass is 290 g/mol. The molecule has 0 bridgehead atoms. The molecule has 1 aliphatic carbocycles. The van der Waals surface area contributed by atoms with Crippen LogP contribution in [0.5, 0.6) is 0 Å². The Labute approximate surface area is 124 Å². The number of hydrogen-bond donors (Lipinski definition) is 3. The first-order chi connectivity index (χ1) is 10.1. The minimum Gasteiger partial charge on any atom is -0.478 e. The van der Waals surface area contributed by atoms with E-state index in [4.69, 9.17) is 5.11 Å². The van der Waals surface area contributed by atoms with Gasteiger partial charge in [0.2, 0.25) is 0 Å². The zero-order valence-corrected chi connectivity index (χ0v) is 12.3. The molecule has 2 rings (SSSR count). The zero-order valence-electron chi connectivity index (χ0n) is 12.3. The average molecular weight is 290 g/mol. The van der Waals surface area contributed by atoms with Gasteiger partial charge in [0.25, 0.3) is 0 Å². The predicted molar refractivity (Wildman–Crippen MR) is 80.2 cm³/mol. The van der Waals surface area contributed by atoms with Gasteiger partial charge >= 0.3 is 12.0 Å². The summed E-state index contributed by atoms with van der Waals surface area (Å²) >= 11 is 0. The molecule has 1 fully saturated rings. The van der Waals surface area contributed by atoms with Crippen molar-refractivity contribution in [1.82, 2.24) is 10.6 Å². The van der Waals surface area contributed by atoms with Crippen molar-refractivity contribution in [2.45, 2.75) is 45.2 Å². The number of rotatable bonds is 5. The van der Waals surface area contributed by atoms with Gasteiger partial charge in [-0.2, -0.15) is 0 Å². The van der Waals surface area contributed by atoms with Crippen molar-refractivity contribution in [3.8, 4) is 0 Å². The van der Waals surface area contributed by atoms with Gasteiger partial charge in [-0.05, 0) is 36.5 Å². The summed E-state index contributed by atoms with van der Waals surface area (Å²) in [5.74, 6) is -0.357. The maximum absolute atomic E-state index is 11.9. The van der Waals surface area contributed by atoms with Crippen LogP contribution >= 0.6 is 0 Å². The second kappa shape index (κ2) is 7.11. The molecule has 1 aromatic rings. The Hall–Kier alpha value is -2.04. The summed E-state index contributed by atoms with van der Waals surface area (Å²) in [5.41, 5.74) is 1.13. The van der Waals surface area contributed by atoms with Crippen molar-refractivity contribution in [2.24, 2.45) is 5.92 Å². The Morgan fingerprint density at radius 3 is 2.57 bits per heavy atom. The minimum absolute atomic E-state index is 0.150. The predicted octanol–water partition coefficient (Wildman–Crippen LogP) is 2.76. The van der Waals surface area contributed by atoms with E-state index in [1.807, 2.05) is 0 Å². The van der Waals surface area contributed by atoms with E-state index in [0.717, 1.165) is 18.4 Å². The van der Waals surface area contributed by atoms with Crippen LogP contribution in [0.15, 0.2) is 24.3 Å². The molecule has 0 radical (unpaired) electrons. The van der Waals surface area contributed by atoms with Gasteiger partial charge in [0.1, 0.15) is 0 Å². The molecule has 1 saturated carbocycles. The van der Waals surface area contributed by atoms with Crippen LogP contribution in [0, 0.1) is 5.92 Å². The first kappa shape index (κ1) is 15.4. The third-order valence-electron chi connectivity index (χ3n) is 4.15. The normalized spacial score (nSPS) is 21.0. The number of nitrogens with one attached hydrogen (secondary N) is 2. The summed E-state index contributed by atoms with van der Waals surface area (Å²) in [7, 11) is 0. The quantitative estimate of drug-likeness (QED) is 0.780. The van der Waals surface area contributed by atoms with Gasteiger partial charge in [0.15, 0.2) is 0 Å². The van der Waals surface area contributed by atoms with E-state index in [1.54, 1.807) is 24.3 Å². The highest BCUT2D eigenvalue weighted by Gasteiger charge is 2.26. The lowest BCUT2D eigenvalue weighted by molar-refractivity contribution is 0.0697. The fourth-order valence-corrected chi connectivity index (χ4v) is 2.88. The van der Waals surface area contributed by atoms with E-state index in [9.17, 15) is 9.59 Å². The number of carbonyl (C=O) groups excluding carboxylic acids is 1. The highest BCUT2D eigenvalue weighted by atomic mass is 16.4. The fourth-order valence-electron chi connectivity index (χ4n) is 2.88. The van der Waals surface area contributed by atoms with Crippen LogP contribution in [0.2, 0.25) is 0 Å². The van der Waals surface area contributed by atoms with Crippen LogP contribution in [0.25, 0.3) is 0 Å². The molecule has 0 spiro atoms. The average Bonchev–Trinajstić information content (AvgIpc) is 2.92. The molecule has 0 aliphatic heterocycles. The molecular formula is C16H22N2O3. The van der Waals surface area contributed by atoms with E-state index in [2.05, 4.69) is 17.6 Å². The molecule has 1 aliphatic rings. The first-order valence-corrected chi connectivity index (χ1v) is 7.46. The SMILES string of the molecule is CCC1CCCC1NC(=O)NCc1ccc(C(=O)O)cc1. The summed E-state index contributed by atoms with van der Waals surface area (Å²) in [6, 6.07) is 6.65. The number of carboxylic acid groups (broad SMARTS) is 1. The van der Waals surface area contributed by atoms with Crippen molar-refractivity contribution >= 4 is 12.0 Å². The zero-order chi connectivity index (χ0) is 15.2. The Morgan fingerprint density at radius 1 is 1.24 bits per heavy atom. The third kappa shape index (κ3) is 4.21. The highest BCUT2D eigenvalue weighted by Crippen LogP contribution is 2.27. The summed E-state index contributed by atoms with van der Waals surface area (Å²) in [6.07, 6.45) is 4.53. The Kier molecular flexibility index (Phi) is 5.20. The van der Waals surface area contributed by atoms with Crippen LogP contribution in [-0.4, -0.2) is 23.1 Å². The van der Waals surface area contributed by atoms with Crippen LogP contribution in [-0.2, 0) is 6.54 Å². The summed E-state index contributed by atoms with van der Waals surface area (Å²) in [4.78, 5) is 22.6. The Morgan fingerprint density at radius 2 is 1.95 bits per heavy atom. The van der Waals surface area contributed by atoms with Crippen molar-refractivity contribution in [1.29, 1.82) is 0 Å². The first-order valence-electron chi connectivity index (χ1n) is 7.46. The number of aromatic carboxylic acids is 1. The van der Waals surface area contributed by atoms with Gasteiger partial charge in [0.05, 0.1) is 5.56 Å². The van der Waals surface area contributed by atoms with Crippen LogP contribution in [0.1, 0.15) is 48.5 Å². The van der Waals surface area contributed by atoms with Crippen molar-refractivity contribution < 1.29 is 14.7 Å². The van der Waals surface area contributed by atoms with Crippen molar-refractivity contribution in [2.75, 3.05) is 0 Å². The van der Waals surface area contributed by atoms with Crippen molar-refractivity contribution in [3.05, 3.63) is 35.4 Å². The maximum Gasteiger partial charge on any atom is 0.335 e. The standard InChI is InChI=1S/C16H22N2O3/c1-2-12-4-3-5-14(12)18-16(21)17-10-11-6-8-13(9-7-11)15(19)20/h6-9,12,14H,2-5,10H2,1H3,(H,19,20)(H2,17,18,21). The van der Waals surface area contributed by atoms with E-state index >= 15 is 0 Å². The molecule has 5 nitrogen and oxygen atoms in total. The van der Waals surface area contributed by atoms with E-state index in [-0.39, 0.29) is 17.6 Å². The number of benzene rings is 1. The molecule has 1 aromatic carbocycles. The molecular weight excluding hydrogens is 268 g/mol. The van der Waals surface area contributed by atoms with Gasteiger partial charge < -0.3 is 15.7 Å². The molecule has 3 N–H and O–H groups in total. The molecule has 114 valence electrons. The smallest absolute Gasteiger partial charge is 0.335 e. The number of carbonyl (C=O) groups is 2. The van der Waals surface area contributed by atoms with Gasteiger partial charge in [-0.25, -0.2) is 9.59 Å². The second-order valence-electron chi connectivity index (χ2n) is 5.53. The number of carboxylic acids is 1. The molecule has 2 unspecified atom stereocenters. The van der Waals surface area contributed by atoms with Gasteiger partial charge in [-0.3, -0.25) is 0 Å². The second-order valence-corrected chi connectivity index (χ2v) is 5.53. The topological polar surface area (TPSA) is 78.4 Å². The number of urea groups is 1. The molecule has 2 atom stereocenters. The molecule has 0 aromatic heterocycles. The lowest BCUT2D eigenvalue weighted by Gasteiger charge is -2.19. The highest BCUT2D eigenvalue weighted by molar-refractivity contribution is 5.87. The molecule has 21 heavy (non-hydrogen) atoms. The van der Waals surface area contributed by atoms with E-state index < -0.39 is 5.97 Å². The number of hydrogen-bond acceptors (Lipinski definition) is 2. The minimum atomic E-state index is -0.945. The maximum atomic E-state index is 11.9.